The third-order valence-electron chi connectivity index (χ3n) is 5.89. The number of carbonyl (C=O) groups excluding carboxylic acids is 2. The fraction of sp³-hybridized carbons (Fsp3) is 0.417. The number of halogens is 1. The van der Waals surface area contributed by atoms with Crippen LogP contribution < -0.4 is 15.5 Å². The van der Waals surface area contributed by atoms with Crippen LogP contribution in [0, 0.1) is 5.92 Å². The van der Waals surface area contributed by atoms with Gasteiger partial charge in [-0.1, -0.05) is 36.7 Å². The van der Waals surface area contributed by atoms with E-state index in [1.165, 1.54) is 0 Å². The predicted molar refractivity (Wildman–Crippen MR) is 132 cm³/mol. The summed E-state index contributed by atoms with van der Waals surface area (Å²) in [5, 5.41) is 5.63. The molecule has 0 radical (unpaired) electrons. The van der Waals surface area contributed by atoms with Crippen LogP contribution in [0.2, 0.25) is 5.02 Å². The summed E-state index contributed by atoms with van der Waals surface area (Å²) in [4.78, 5) is 27.2. The second-order valence-electron chi connectivity index (χ2n) is 8.12. The summed E-state index contributed by atoms with van der Waals surface area (Å²) >= 11 is 6.39. The molecular weight excluding hydrogens is 462 g/mol. The van der Waals surface area contributed by atoms with Gasteiger partial charge in [-0.2, -0.15) is 0 Å². The Labute approximate surface area is 200 Å². The van der Waals surface area contributed by atoms with Crippen molar-refractivity contribution in [2.75, 3.05) is 29.1 Å². The molecule has 7 nitrogen and oxygen atoms in total. The van der Waals surface area contributed by atoms with Gasteiger partial charge in [-0.05, 0) is 62.6 Å². The van der Waals surface area contributed by atoms with Crippen molar-refractivity contribution in [2.45, 2.75) is 38.5 Å². The summed E-state index contributed by atoms with van der Waals surface area (Å²) < 4.78 is 24.0. The van der Waals surface area contributed by atoms with Crippen molar-refractivity contribution in [3.63, 3.8) is 0 Å². The van der Waals surface area contributed by atoms with Crippen LogP contribution in [-0.2, 0) is 14.6 Å². The van der Waals surface area contributed by atoms with Gasteiger partial charge in [0.15, 0.2) is 9.84 Å². The van der Waals surface area contributed by atoms with Crippen LogP contribution in [0.4, 0.5) is 11.4 Å². The fourth-order valence-corrected chi connectivity index (χ4v) is 5.52. The minimum Gasteiger partial charge on any atom is -0.326 e. The van der Waals surface area contributed by atoms with E-state index in [2.05, 4.69) is 10.6 Å². The molecule has 2 aromatic carbocycles. The smallest absolute Gasteiger partial charge is 0.259 e. The second kappa shape index (κ2) is 11.1. The Bertz CT molecular complexity index is 1080. The molecule has 9 heteroatoms. The molecule has 1 fully saturated rings. The second-order valence-corrected chi connectivity index (χ2v) is 11.0. The molecule has 2 amide bonds. The molecule has 0 spiro atoms. The van der Waals surface area contributed by atoms with Crippen molar-refractivity contribution < 1.29 is 18.0 Å². The molecule has 1 heterocycles. The minimum absolute atomic E-state index is 0.0635. The zero-order valence-electron chi connectivity index (χ0n) is 18.9. The van der Waals surface area contributed by atoms with Gasteiger partial charge in [-0.15, -0.1) is 0 Å². The van der Waals surface area contributed by atoms with E-state index >= 15 is 0 Å². The van der Waals surface area contributed by atoms with Crippen molar-refractivity contribution in [1.29, 1.82) is 0 Å². The molecule has 2 atom stereocenters. The summed E-state index contributed by atoms with van der Waals surface area (Å²) in [6.07, 6.45) is 1.46. The molecule has 178 valence electrons. The van der Waals surface area contributed by atoms with Gasteiger partial charge in [-0.3, -0.25) is 9.59 Å². The number of amides is 2. The zero-order chi connectivity index (χ0) is 24.0. The van der Waals surface area contributed by atoms with E-state index < -0.39 is 15.2 Å². The number of sulfone groups is 1. The first-order valence-electron chi connectivity index (χ1n) is 11.2. The van der Waals surface area contributed by atoms with E-state index in [1.54, 1.807) is 30.0 Å². The largest absolute Gasteiger partial charge is 0.326 e. The summed E-state index contributed by atoms with van der Waals surface area (Å²) in [7, 11) is -3.12. The summed E-state index contributed by atoms with van der Waals surface area (Å²) in [5.41, 5.74) is 1.66. The fourth-order valence-electron chi connectivity index (χ4n) is 4.01. The molecule has 1 aliphatic rings. The highest BCUT2D eigenvalue weighted by Gasteiger charge is 2.30. The van der Waals surface area contributed by atoms with E-state index in [0.29, 0.717) is 37.2 Å². The van der Waals surface area contributed by atoms with Crippen LogP contribution in [0.1, 0.15) is 43.5 Å². The lowest BCUT2D eigenvalue weighted by Crippen LogP contribution is -2.45. The Hall–Kier alpha value is -2.42. The number of para-hydroxylation sites is 1. The minimum atomic E-state index is -3.12. The van der Waals surface area contributed by atoms with Gasteiger partial charge < -0.3 is 15.5 Å². The molecule has 0 aromatic heterocycles. The van der Waals surface area contributed by atoms with Gasteiger partial charge in [-0.25, -0.2) is 8.42 Å². The van der Waals surface area contributed by atoms with Crippen LogP contribution in [0.25, 0.3) is 0 Å². The molecule has 3 rings (SSSR count). The van der Waals surface area contributed by atoms with Crippen molar-refractivity contribution in [1.82, 2.24) is 5.32 Å². The lowest BCUT2D eigenvalue weighted by molar-refractivity contribution is -0.117. The first-order valence-corrected chi connectivity index (χ1v) is 13.3. The molecule has 2 unspecified atom stereocenters. The number of piperidine rings is 1. The van der Waals surface area contributed by atoms with Gasteiger partial charge >= 0.3 is 0 Å². The van der Waals surface area contributed by atoms with Crippen LogP contribution in [-0.4, -0.2) is 44.4 Å². The predicted octanol–water partition coefficient (Wildman–Crippen LogP) is 4.10. The van der Waals surface area contributed by atoms with Gasteiger partial charge in [0.2, 0.25) is 5.91 Å². The first kappa shape index (κ1) is 25.2. The average Bonchev–Trinajstić information content (AvgIpc) is 2.80. The maximum atomic E-state index is 13.0. The third kappa shape index (κ3) is 6.34. The van der Waals surface area contributed by atoms with Crippen molar-refractivity contribution >= 4 is 44.6 Å². The quantitative estimate of drug-likeness (QED) is 0.579. The highest BCUT2D eigenvalue weighted by molar-refractivity contribution is 7.91. The van der Waals surface area contributed by atoms with Gasteiger partial charge in [0.25, 0.3) is 5.91 Å². The summed E-state index contributed by atoms with van der Waals surface area (Å²) in [6, 6.07) is 14.2. The SMILES string of the molecule is CCN(C(=O)c1ccc(NC(=O)CC2CCC(S(=O)(=O)CC)NC2)cc1Cl)c1ccccc1. The Balaban J connectivity index is 1.59. The number of hydrogen-bond acceptors (Lipinski definition) is 5. The molecule has 2 aromatic rings. The number of nitrogens with zero attached hydrogens (tertiary/aromatic N) is 1. The van der Waals surface area contributed by atoms with Crippen molar-refractivity contribution in [3.05, 3.63) is 59.1 Å². The van der Waals surface area contributed by atoms with Crippen LogP contribution in [0.3, 0.4) is 0 Å². The highest BCUT2D eigenvalue weighted by Crippen LogP contribution is 2.26. The van der Waals surface area contributed by atoms with E-state index in [-0.39, 0.29) is 34.9 Å². The molecular formula is C24H30ClN3O4S. The van der Waals surface area contributed by atoms with Crippen molar-refractivity contribution in [3.8, 4) is 0 Å². The third-order valence-corrected chi connectivity index (χ3v) is 8.28. The molecule has 0 bridgehead atoms. The zero-order valence-corrected chi connectivity index (χ0v) is 20.5. The Kier molecular flexibility index (Phi) is 8.51. The molecule has 0 aliphatic carbocycles. The Morgan fingerprint density at radius 3 is 2.42 bits per heavy atom. The molecule has 1 saturated heterocycles. The average molecular weight is 492 g/mol. The van der Waals surface area contributed by atoms with Crippen LogP contribution in [0.15, 0.2) is 48.5 Å². The lowest BCUT2D eigenvalue weighted by Gasteiger charge is -2.29. The number of carbonyl (C=O) groups is 2. The summed E-state index contributed by atoms with van der Waals surface area (Å²) in [5.74, 6) is -0.213. The van der Waals surface area contributed by atoms with E-state index in [4.69, 9.17) is 11.6 Å². The van der Waals surface area contributed by atoms with E-state index in [0.717, 1.165) is 5.69 Å². The normalized spacial score (nSPS) is 18.5. The number of benzene rings is 2. The number of hydrogen-bond donors (Lipinski definition) is 2. The maximum absolute atomic E-state index is 13.0. The van der Waals surface area contributed by atoms with Gasteiger partial charge in [0, 0.05) is 30.1 Å². The Morgan fingerprint density at radius 1 is 1.12 bits per heavy atom. The standard InChI is InChI=1S/C24H30ClN3O4S/c1-3-28(19-8-6-5-7-9-19)24(30)20-12-11-18(15-21(20)25)27-22(29)14-17-10-13-23(26-16-17)33(31,32)4-2/h5-9,11-12,15,17,23,26H,3-4,10,13-14,16H2,1-2H3,(H,27,29). The molecule has 0 saturated carbocycles. The monoisotopic (exact) mass is 491 g/mol. The molecule has 2 N–H and O–H groups in total. The number of anilines is 2. The number of nitrogens with one attached hydrogen (secondary N) is 2. The van der Waals surface area contributed by atoms with E-state index in [9.17, 15) is 18.0 Å². The lowest BCUT2D eigenvalue weighted by atomic mass is 9.95. The van der Waals surface area contributed by atoms with E-state index in [1.807, 2.05) is 37.3 Å². The van der Waals surface area contributed by atoms with Crippen molar-refractivity contribution in [2.24, 2.45) is 5.92 Å². The Morgan fingerprint density at radius 2 is 1.85 bits per heavy atom. The molecule has 1 aliphatic heterocycles. The molecule has 33 heavy (non-hydrogen) atoms. The summed E-state index contributed by atoms with van der Waals surface area (Å²) in [6.45, 7) is 4.51. The van der Waals surface area contributed by atoms with Gasteiger partial charge in [0.05, 0.1) is 10.6 Å². The first-order chi connectivity index (χ1) is 15.7. The number of rotatable bonds is 8. The highest BCUT2D eigenvalue weighted by atomic mass is 35.5. The van der Waals surface area contributed by atoms with Gasteiger partial charge in [0.1, 0.15) is 5.37 Å². The maximum Gasteiger partial charge on any atom is 0.259 e. The van der Waals surface area contributed by atoms with Crippen LogP contribution in [0.5, 0.6) is 0 Å². The topological polar surface area (TPSA) is 95.6 Å². The van der Waals surface area contributed by atoms with Crippen LogP contribution >= 0.6 is 11.6 Å².